The molecular weight excluding hydrogens is 339 g/mol. The van der Waals surface area contributed by atoms with Crippen molar-refractivity contribution in [2.45, 2.75) is 84.2 Å². The SMILES string of the molecule is [B]C(CNC(=O)OC(C)(C)C)c1c(CCC)ccc(CCC(C)(C)O)c1N. The Morgan fingerprint density at radius 1 is 1.22 bits per heavy atom. The number of carbonyl (C=O) groups excluding carboxylic acids is 1. The van der Waals surface area contributed by atoms with Crippen molar-refractivity contribution >= 4 is 19.6 Å². The van der Waals surface area contributed by atoms with Gasteiger partial charge in [-0.05, 0) is 76.4 Å². The predicted octanol–water partition coefficient (Wildman–Crippen LogP) is 3.66. The summed E-state index contributed by atoms with van der Waals surface area (Å²) in [5, 5.41) is 12.7. The van der Waals surface area contributed by atoms with Crippen LogP contribution in [0.5, 0.6) is 0 Å². The molecule has 0 aliphatic rings. The van der Waals surface area contributed by atoms with E-state index in [1.807, 2.05) is 26.8 Å². The van der Waals surface area contributed by atoms with Gasteiger partial charge in [-0.2, -0.15) is 0 Å². The summed E-state index contributed by atoms with van der Waals surface area (Å²) in [6.45, 7) is 11.4. The Morgan fingerprint density at radius 3 is 2.33 bits per heavy atom. The molecule has 27 heavy (non-hydrogen) atoms. The van der Waals surface area contributed by atoms with Crippen LogP contribution >= 0.6 is 0 Å². The molecule has 0 saturated carbocycles. The van der Waals surface area contributed by atoms with Crippen molar-refractivity contribution in [3.63, 3.8) is 0 Å². The largest absolute Gasteiger partial charge is 0.444 e. The third-order valence-corrected chi connectivity index (χ3v) is 4.23. The summed E-state index contributed by atoms with van der Waals surface area (Å²) in [5.41, 5.74) is 8.74. The molecule has 150 valence electrons. The predicted molar refractivity (Wildman–Crippen MR) is 112 cm³/mol. The molecule has 0 spiro atoms. The Labute approximate surface area is 165 Å². The van der Waals surface area contributed by atoms with Crippen LogP contribution in [0.2, 0.25) is 0 Å². The Morgan fingerprint density at radius 2 is 1.81 bits per heavy atom. The molecule has 1 rings (SSSR count). The second kappa shape index (κ2) is 9.49. The number of anilines is 1. The number of rotatable bonds is 8. The van der Waals surface area contributed by atoms with Gasteiger partial charge in [0.15, 0.2) is 0 Å². The molecule has 1 unspecified atom stereocenters. The van der Waals surface area contributed by atoms with E-state index in [-0.39, 0.29) is 6.54 Å². The first-order valence-corrected chi connectivity index (χ1v) is 9.69. The minimum atomic E-state index is -0.755. The van der Waals surface area contributed by atoms with Gasteiger partial charge in [0.05, 0.1) is 13.4 Å². The number of ether oxygens (including phenoxy) is 1. The first-order chi connectivity index (χ1) is 12.3. The molecule has 1 amide bonds. The molecular formula is C21H35BN2O3. The Kier molecular flexibility index (Phi) is 8.21. The maximum Gasteiger partial charge on any atom is 0.407 e. The molecule has 5 nitrogen and oxygen atoms in total. The first kappa shape index (κ1) is 23.4. The monoisotopic (exact) mass is 374 g/mol. The van der Waals surface area contributed by atoms with Gasteiger partial charge < -0.3 is 20.9 Å². The molecule has 0 aliphatic heterocycles. The Bertz CT molecular complexity index is 634. The third-order valence-electron chi connectivity index (χ3n) is 4.23. The number of nitrogen functional groups attached to an aromatic ring is 1. The van der Waals surface area contributed by atoms with Crippen molar-refractivity contribution in [1.82, 2.24) is 5.32 Å². The van der Waals surface area contributed by atoms with Crippen LogP contribution in [-0.2, 0) is 17.6 Å². The summed E-state index contributed by atoms with van der Waals surface area (Å²) in [4.78, 5) is 11.9. The van der Waals surface area contributed by atoms with E-state index in [0.717, 1.165) is 29.5 Å². The minimum Gasteiger partial charge on any atom is -0.444 e. The average Bonchev–Trinajstić information content (AvgIpc) is 2.50. The van der Waals surface area contributed by atoms with E-state index in [4.69, 9.17) is 18.3 Å². The summed E-state index contributed by atoms with van der Waals surface area (Å²) in [7, 11) is 6.39. The summed E-state index contributed by atoms with van der Waals surface area (Å²) >= 11 is 0. The van der Waals surface area contributed by atoms with E-state index in [9.17, 15) is 9.90 Å². The van der Waals surface area contributed by atoms with E-state index >= 15 is 0 Å². The lowest BCUT2D eigenvalue weighted by atomic mass is 9.76. The highest BCUT2D eigenvalue weighted by Crippen LogP contribution is 2.30. The van der Waals surface area contributed by atoms with Gasteiger partial charge in [0.1, 0.15) is 5.60 Å². The number of aryl methyl sites for hydroxylation is 2. The lowest BCUT2D eigenvalue weighted by Crippen LogP contribution is -2.35. The molecule has 4 N–H and O–H groups in total. The topological polar surface area (TPSA) is 84.6 Å². The van der Waals surface area contributed by atoms with Gasteiger partial charge in [0.2, 0.25) is 0 Å². The van der Waals surface area contributed by atoms with E-state index in [0.29, 0.717) is 18.5 Å². The van der Waals surface area contributed by atoms with Crippen molar-refractivity contribution < 1.29 is 14.6 Å². The Balaban J connectivity index is 2.98. The normalized spacial score (nSPS) is 13.3. The highest BCUT2D eigenvalue weighted by molar-refractivity contribution is 6.13. The number of carbonyl (C=O) groups is 1. The molecule has 2 radical (unpaired) electrons. The van der Waals surface area contributed by atoms with Crippen molar-refractivity contribution in [3.05, 3.63) is 28.8 Å². The fourth-order valence-electron chi connectivity index (χ4n) is 2.92. The highest BCUT2D eigenvalue weighted by atomic mass is 16.6. The van der Waals surface area contributed by atoms with E-state index < -0.39 is 23.1 Å². The molecule has 1 aromatic rings. The summed E-state index contributed by atoms with van der Waals surface area (Å²) in [5.74, 6) is -0.429. The zero-order chi connectivity index (χ0) is 20.8. The van der Waals surface area contributed by atoms with Crippen LogP contribution in [0.15, 0.2) is 12.1 Å². The number of aliphatic hydroxyl groups is 1. The van der Waals surface area contributed by atoms with Gasteiger partial charge >= 0.3 is 6.09 Å². The minimum absolute atomic E-state index is 0.241. The number of hydrogen-bond donors (Lipinski definition) is 3. The maximum atomic E-state index is 11.9. The van der Waals surface area contributed by atoms with Crippen molar-refractivity contribution in [2.75, 3.05) is 12.3 Å². The van der Waals surface area contributed by atoms with E-state index in [1.54, 1.807) is 13.8 Å². The quantitative estimate of drug-likeness (QED) is 0.479. The van der Waals surface area contributed by atoms with Gasteiger partial charge in [-0.3, -0.25) is 0 Å². The molecule has 1 atom stereocenters. The Hall–Kier alpha value is -1.69. The first-order valence-electron chi connectivity index (χ1n) is 9.69. The average molecular weight is 374 g/mol. The van der Waals surface area contributed by atoms with E-state index in [1.165, 1.54) is 0 Å². The number of amides is 1. The summed E-state index contributed by atoms with van der Waals surface area (Å²) in [6.07, 6.45) is 2.62. The molecule has 6 heteroatoms. The zero-order valence-corrected chi connectivity index (χ0v) is 17.7. The lowest BCUT2D eigenvalue weighted by molar-refractivity contribution is 0.0527. The van der Waals surface area contributed by atoms with Gasteiger partial charge in [0.25, 0.3) is 0 Å². The second-order valence-electron chi connectivity index (χ2n) is 8.76. The fourth-order valence-corrected chi connectivity index (χ4v) is 2.92. The van der Waals surface area contributed by atoms with Crippen molar-refractivity contribution in [1.29, 1.82) is 0 Å². The fraction of sp³-hybridized carbons (Fsp3) is 0.667. The van der Waals surface area contributed by atoms with Crippen LogP contribution in [0.1, 0.15) is 76.9 Å². The van der Waals surface area contributed by atoms with Crippen LogP contribution in [-0.4, -0.2) is 36.8 Å². The lowest BCUT2D eigenvalue weighted by Gasteiger charge is -2.24. The highest BCUT2D eigenvalue weighted by Gasteiger charge is 2.21. The number of hydrogen-bond acceptors (Lipinski definition) is 4. The van der Waals surface area contributed by atoms with Crippen LogP contribution in [0, 0.1) is 0 Å². The third kappa shape index (κ3) is 8.25. The molecule has 0 saturated heterocycles. The van der Waals surface area contributed by atoms with Gasteiger partial charge in [0, 0.05) is 12.2 Å². The van der Waals surface area contributed by atoms with Crippen LogP contribution < -0.4 is 11.1 Å². The number of nitrogens with two attached hydrogens (primary N) is 1. The second-order valence-corrected chi connectivity index (χ2v) is 8.76. The molecule has 0 fully saturated rings. The zero-order valence-electron chi connectivity index (χ0n) is 17.7. The van der Waals surface area contributed by atoms with Gasteiger partial charge in [-0.15, -0.1) is 0 Å². The van der Waals surface area contributed by atoms with Crippen LogP contribution in [0.3, 0.4) is 0 Å². The molecule has 0 aliphatic carbocycles. The number of benzene rings is 1. The van der Waals surface area contributed by atoms with E-state index in [2.05, 4.69) is 18.3 Å². The summed E-state index contributed by atoms with van der Waals surface area (Å²) in [6, 6.07) is 4.08. The van der Waals surface area contributed by atoms with Crippen LogP contribution in [0.25, 0.3) is 0 Å². The maximum absolute atomic E-state index is 11.9. The molecule has 0 aromatic heterocycles. The molecule has 0 heterocycles. The van der Waals surface area contributed by atoms with Crippen molar-refractivity contribution in [2.24, 2.45) is 0 Å². The molecule has 1 aromatic carbocycles. The van der Waals surface area contributed by atoms with Crippen LogP contribution in [0.4, 0.5) is 10.5 Å². The van der Waals surface area contributed by atoms with Crippen molar-refractivity contribution in [3.8, 4) is 0 Å². The smallest absolute Gasteiger partial charge is 0.407 e. The molecule has 0 bridgehead atoms. The van der Waals surface area contributed by atoms with Gasteiger partial charge in [-0.1, -0.05) is 25.5 Å². The summed E-state index contributed by atoms with van der Waals surface area (Å²) < 4.78 is 5.27. The standard InChI is InChI=1S/C21H35BN2O3/c1-7-8-14-9-10-15(11-12-21(5,6)26)18(23)17(14)16(22)13-24-19(25)27-20(2,3)4/h9-10,16,26H,7-8,11-13,23H2,1-6H3,(H,24,25). The number of nitrogens with one attached hydrogen (secondary N) is 1. The van der Waals surface area contributed by atoms with Gasteiger partial charge in [-0.25, -0.2) is 4.79 Å². The number of alkyl carbamates (subject to hydrolysis) is 1.